The number of carbonyl (C=O) groups excluding carboxylic acids is 1. The Morgan fingerprint density at radius 2 is 1.88 bits per heavy atom. The van der Waals surface area contributed by atoms with Crippen molar-refractivity contribution < 1.29 is 18.7 Å². The summed E-state index contributed by atoms with van der Waals surface area (Å²) in [5.74, 6) is 0.823. The van der Waals surface area contributed by atoms with Gasteiger partial charge in [0, 0.05) is 30.5 Å². The highest BCUT2D eigenvalue weighted by Crippen LogP contribution is 2.34. The molecule has 0 fully saturated rings. The maximum atomic E-state index is 12.4. The molecule has 1 aromatic heterocycles. The van der Waals surface area contributed by atoms with Gasteiger partial charge in [0.15, 0.2) is 17.3 Å². The molecule has 0 atom stereocenters. The molecule has 0 radical (unpaired) electrons. The van der Waals surface area contributed by atoms with E-state index in [2.05, 4.69) is 42.4 Å². The van der Waals surface area contributed by atoms with E-state index in [0.29, 0.717) is 40.9 Å². The van der Waals surface area contributed by atoms with Gasteiger partial charge in [0.1, 0.15) is 12.2 Å². The predicted molar refractivity (Wildman–Crippen MR) is 140 cm³/mol. The molecule has 9 heteroatoms. The molecule has 174 valence electrons. The van der Waals surface area contributed by atoms with E-state index in [-0.39, 0.29) is 5.76 Å². The lowest BCUT2D eigenvalue weighted by Crippen LogP contribution is -2.16. The number of ether oxygens (including phenoxy) is 2. The van der Waals surface area contributed by atoms with Crippen molar-refractivity contribution in [1.29, 1.82) is 0 Å². The molecule has 0 unspecified atom stereocenters. The van der Waals surface area contributed by atoms with E-state index in [0.717, 1.165) is 19.9 Å². The summed E-state index contributed by atoms with van der Waals surface area (Å²) in [6.07, 6.45) is 1.52. The average Bonchev–Trinajstić information content (AvgIpc) is 3.24. The summed E-state index contributed by atoms with van der Waals surface area (Å²) in [4.78, 5) is 12.4. The molecule has 6 nitrogen and oxygen atoms in total. The van der Waals surface area contributed by atoms with Crippen LogP contribution in [-0.4, -0.2) is 18.7 Å². The predicted octanol–water partition coefficient (Wildman–Crippen LogP) is 7.35. The van der Waals surface area contributed by atoms with Crippen molar-refractivity contribution in [2.24, 2.45) is 5.10 Å². The van der Waals surface area contributed by atoms with Gasteiger partial charge in [0.05, 0.1) is 12.8 Å². The molecule has 1 heterocycles. The molecule has 0 saturated heterocycles. The maximum Gasteiger partial charge on any atom is 0.307 e. The summed E-state index contributed by atoms with van der Waals surface area (Å²) in [5, 5.41) is 5.52. The van der Waals surface area contributed by atoms with Gasteiger partial charge in [-0.3, -0.25) is 4.79 Å². The van der Waals surface area contributed by atoms with Crippen LogP contribution in [0.3, 0.4) is 0 Å². The van der Waals surface area contributed by atoms with Crippen LogP contribution >= 0.6 is 43.5 Å². The highest BCUT2D eigenvalue weighted by Gasteiger charge is 2.13. The van der Waals surface area contributed by atoms with E-state index in [1.807, 2.05) is 43.3 Å². The minimum absolute atomic E-state index is 0.169. The summed E-state index contributed by atoms with van der Waals surface area (Å²) in [7, 11) is 0. The van der Waals surface area contributed by atoms with E-state index < -0.39 is 5.91 Å². The first-order valence-electron chi connectivity index (χ1n) is 10.3. The lowest BCUT2D eigenvalue weighted by molar-refractivity contribution is 0.0929. The van der Waals surface area contributed by atoms with Gasteiger partial charge in [-0.1, -0.05) is 45.7 Å². The quantitative estimate of drug-likeness (QED) is 0.168. The Kier molecular flexibility index (Phi) is 7.92. The normalized spacial score (nSPS) is 11.2. The largest absolute Gasteiger partial charge is 0.490 e. The van der Waals surface area contributed by atoms with E-state index in [1.54, 1.807) is 24.3 Å². The van der Waals surface area contributed by atoms with E-state index in [1.165, 1.54) is 6.21 Å². The van der Waals surface area contributed by atoms with Gasteiger partial charge in [-0.05, 0) is 65.3 Å². The first-order valence-corrected chi connectivity index (χ1v) is 12.3. The molecule has 0 aliphatic heterocycles. The van der Waals surface area contributed by atoms with E-state index >= 15 is 0 Å². The second-order valence-electron chi connectivity index (χ2n) is 7.13. The topological polar surface area (TPSA) is 73.1 Å². The number of benzene rings is 3. The van der Waals surface area contributed by atoms with Crippen LogP contribution < -0.4 is 14.9 Å². The van der Waals surface area contributed by atoms with Crippen LogP contribution in [0.4, 0.5) is 0 Å². The molecule has 0 bridgehead atoms. The van der Waals surface area contributed by atoms with Crippen LogP contribution in [0.1, 0.15) is 28.6 Å². The Morgan fingerprint density at radius 1 is 1.09 bits per heavy atom. The lowest BCUT2D eigenvalue weighted by Gasteiger charge is -2.14. The van der Waals surface area contributed by atoms with Crippen LogP contribution in [0.15, 0.2) is 79.1 Å². The number of nitrogens with one attached hydrogen (secondary N) is 1. The van der Waals surface area contributed by atoms with Crippen molar-refractivity contribution in [3.8, 4) is 11.5 Å². The van der Waals surface area contributed by atoms with Gasteiger partial charge in [0.25, 0.3) is 0 Å². The van der Waals surface area contributed by atoms with Gasteiger partial charge in [-0.2, -0.15) is 5.10 Å². The van der Waals surface area contributed by atoms with Gasteiger partial charge >= 0.3 is 5.91 Å². The van der Waals surface area contributed by atoms with Crippen LogP contribution in [0.25, 0.3) is 11.0 Å². The van der Waals surface area contributed by atoms with Crippen LogP contribution in [0.5, 0.6) is 11.5 Å². The second kappa shape index (κ2) is 11.1. The molecular weight excluding hydrogens is 588 g/mol. The fourth-order valence-electron chi connectivity index (χ4n) is 3.14. The zero-order chi connectivity index (χ0) is 24.1. The minimum Gasteiger partial charge on any atom is -0.490 e. The first kappa shape index (κ1) is 24.3. The summed E-state index contributed by atoms with van der Waals surface area (Å²) in [6, 6.07) is 18.3. The van der Waals surface area contributed by atoms with Crippen molar-refractivity contribution in [2.75, 3.05) is 6.61 Å². The number of nitrogens with zero attached hydrogens (tertiary/aromatic N) is 1. The Labute approximate surface area is 218 Å². The zero-order valence-corrected chi connectivity index (χ0v) is 21.9. The molecule has 1 N–H and O–H groups in total. The fourth-order valence-corrected chi connectivity index (χ4v) is 4.14. The monoisotopic (exact) mass is 604 g/mol. The minimum atomic E-state index is -0.454. The molecule has 3 aromatic carbocycles. The average molecular weight is 607 g/mol. The van der Waals surface area contributed by atoms with Gasteiger partial charge < -0.3 is 13.9 Å². The molecule has 4 aromatic rings. The highest BCUT2D eigenvalue weighted by atomic mass is 79.9. The Balaban J connectivity index is 1.47. The number of hydrazone groups is 1. The number of hydrogen-bond donors (Lipinski definition) is 1. The molecule has 34 heavy (non-hydrogen) atoms. The molecular formula is C25H19Br2ClN2O4. The molecule has 0 spiro atoms. The standard InChI is InChI=1S/C25H19Br2ClN2O4/c1-2-32-22-11-17(19(27)12-23(22)33-14-15-5-3-4-6-20(15)28)13-29-30-25(31)24-10-16-9-18(26)7-8-21(16)34-24/h3-13H,2,14H2,1H3,(H,30,31)/b29-13+. The van der Waals surface area contributed by atoms with Crippen molar-refractivity contribution in [3.63, 3.8) is 0 Å². The Morgan fingerprint density at radius 3 is 2.68 bits per heavy atom. The van der Waals surface area contributed by atoms with Gasteiger partial charge in [0.2, 0.25) is 0 Å². The smallest absolute Gasteiger partial charge is 0.307 e. The first-order chi connectivity index (χ1) is 16.4. The van der Waals surface area contributed by atoms with Crippen LogP contribution in [0.2, 0.25) is 5.02 Å². The number of amides is 1. The molecule has 0 aliphatic carbocycles. The van der Waals surface area contributed by atoms with E-state index in [9.17, 15) is 4.79 Å². The van der Waals surface area contributed by atoms with Crippen LogP contribution in [-0.2, 0) is 6.61 Å². The summed E-state index contributed by atoms with van der Waals surface area (Å²) in [6.45, 7) is 2.64. The van der Waals surface area contributed by atoms with Crippen molar-refractivity contribution >= 4 is 66.6 Å². The molecule has 1 amide bonds. The summed E-state index contributed by atoms with van der Waals surface area (Å²) >= 11 is 13.2. The zero-order valence-electron chi connectivity index (χ0n) is 18.0. The number of carbonyl (C=O) groups is 1. The molecule has 4 rings (SSSR count). The van der Waals surface area contributed by atoms with Gasteiger partial charge in [-0.25, -0.2) is 5.43 Å². The summed E-state index contributed by atoms with van der Waals surface area (Å²) in [5.41, 5.74) is 4.67. The number of furan rings is 1. The van der Waals surface area contributed by atoms with Crippen molar-refractivity contribution in [1.82, 2.24) is 5.43 Å². The SMILES string of the molecule is CCOc1cc(/C=N/NC(=O)c2cc3cc(Br)ccc3o2)c(Br)cc1OCc1ccccc1Cl. The van der Waals surface area contributed by atoms with Crippen LogP contribution in [0, 0.1) is 0 Å². The number of rotatable bonds is 8. The third-order valence-corrected chi connectivity index (χ3v) is 6.32. The van der Waals surface area contributed by atoms with Gasteiger partial charge in [-0.15, -0.1) is 0 Å². The lowest BCUT2D eigenvalue weighted by atomic mass is 10.2. The van der Waals surface area contributed by atoms with Crippen molar-refractivity contribution in [2.45, 2.75) is 13.5 Å². The Bertz CT molecular complexity index is 1370. The molecule has 0 saturated carbocycles. The Hall–Kier alpha value is -2.81. The maximum absolute atomic E-state index is 12.4. The second-order valence-corrected chi connectivity index (χ2v) is 9.30. The summed E-state index contributed by atoms with van der Waals surface area (Å²) < 4.78 is 18.9. The van der Waals surface area contributed by atoms with Crippen molar-refractivity contribution in [3.05, 3.63) is 91.5 Å². The van der Waals surface area contributed by atoms with E-state index in [4.69, 9.17) is 25.5 Å². The number of hydrogen-bond acceptors (Lipinski definition) is 5. The third-order valence-electron chi connectivity index (χ3n) is 4.78. The number of fused-ring (bicyclic) bond motifs is 1. The molecule has 0 aliphatic rings. The highest BCUT2D eigenvalue weighted by molar-refractivity contribution is 9.10. The number of halogens is 3. The third kappa shape index (κ3) is 5.81. The fraction of sp³-hybridized carbons (Fsp3) is 0.120.